The van der Waals surface area contributed by atoms with Crippen LogP contribution >= 0.6 is 22.9 Å². The molecule has 10 heterocycles. The third-order valence-corrected chi connectivity index (χ3v) is 4.21. The molecule has 0 aliphatic rings. The number of hydrogen-bond donors (Lipinski definition) is 5. The van der Waals surface area contributed by atoms with E-state index >= 15 is 0 Å². The molecule has 0 unspecified atom stereocenters. The SMILES string of the molecule is CC(C)(C)C.CC(C)(C)C.CC(C)(C)C.CC(C)(C)C.CC(C)(C)C.CC(C)(C)C.CC(C)(C)C.CC(C)(C)C.CC(C)(C)C.CC(C)C.c1cn[nH]c1.c1cn[nH]n1.c1cnoc1.c1cnon1.c1cnsc1.c1cscn1.c1nc[nH]n1.c1nn[nH]n1.c1nn[nH]n1.c1nnon1. The molecule has 0 fully saturated rings. The van der Waals surface area contributed by atoms with Crippen molar-refractivity contribution in [3.8, 4) is 0 Å². The van der Waals surface area contributed by atoms with Crippen molar-refractivity contribution in [3.05, 3.63) is 128 Å². The highest BCUT2D eigenvalue weighted by Crippen LogP contribution is 2.12. The summed E-state index contributed by atoms with van der Waals surface area (Å²) in [6, 6.07) is 5.46. The van der Waals surface area contributed by atoms with Gasteiger partial charge in [-0.2, -0.15) is 36.0 Å². The Morgan fingerprint density at radius 3 is 0.838 bits per heavy atom. The van der Waals surface area contributed by atoms with Crippen LogP contribution in [0, 0.1) is 54.7 Å². The molecule has 0 bridgehead atoms. The zero-order valence-corrected chi connectivity index (χ0v) is 70.9. The topological polar surface area (TPSA) is 363 Å². The number of hydrogen-bond acceptors (Lipinski definition) is 24. The summed E-state index contributed by atoms with van der Waals surface area (Å²) in [4.78, 5) is 7.30. The molecule has 0 saturated heterocycles. The molecule has 0 radical (unpaired) electrons. The van der Waals surface area contributed by atoms with E-state index in [1.54, 1.807) is 66.3 Å². The molecule has 0 aromatic carbocycles. The second kappa shape index (κ2) is 73.0. The average Bonchev–Trinajstić information content (AvgIpc) is 4.34. The van der Waals surface area contributed by atoms with Crippen molar-refractivity contribution in [2.24, 2.45) is 54.7 Å². The van der Waals surface area contributed by atoms with Crippen LogP contribution in [0.15, 0.2) is 142 Å². The number of rotatable bonds is 0. The first kappa shape index (κ1) is 113. The van der Waals surface area contributed by atoms with E-state index in [-0.39, 0.29) is 0 Å². The second-order valence-corrected chi connectivity index (χ2v) is 36.5. The van der Waals surface area contributed by atoms with E-state index in [4.69, 9.17) is 0 Å². The molecule has 0 spiro atoms. The molecule has 0 saturated carbocycles. The van der Waals surface area contributed by atoms with Crippen LogP contribution in [0.1, 0.15) is 270 Å². The number of tetrazole rings is 2. The predicted molar refractivity (Wildman–Crippen MR) is 414 cm³/mol. The van der Waals surface area contributed by atoms with Crippen molar-refractivity contribution in [2.45, 2.75) is 270 Å². The van der Waals surface area contributed by atoms with Crippen LogP contribution in [0.5, 0.6) is 0 Å². The summed E-state index contributed by atoms with van der Waals surface area (Å²) in [5.74, 6) is 0.833. The van der Waals surface area contributed by atoms with Crippen LogP contribution in [-0.4, -0.2) is 122 Å². The number of H-pyrrole nitrogens is 5. The van der Waals surface area contributed by atoms with Gasteiger partial charge in [-0.1, -0.05) is 301 Å². The maximum absolute atomic E-state index is 4.33. The summed E-state index contributed by atoms with van der Waals surface area (Å²) < 4.78 is 16.2. The van der Waals surface area contributed by atoms with Gasteiger partial charge in [-0.05, 0) is 89.5 Å². The van der Waals surface area contributed by atoms with Crippen LogP contribution in [0.4, 0.5) is 0 Å². The lowest BCUT2D eigenvalue weighted by Gasteiger charge is -2.05. The van der Waals surface area contributed by atoms with E-state index in [1.165, 1.54) is 61.8 Å². The van der Waals surface area contributed by atoms with Crippen molar-refractivity contribution in [2.75, 3.05) is 0 Å². The van der Waals surface area contributed by atoms with Crippen molar-refractivity contribution in [1.82, 2.24) is 122 Å². The van der Waals surface area contributed by atoms with Crippen molar-refractivity contribution in [1.29, 1.82) is 0 Å². The lowest BCUT2D eigenvalue weighted by Crippen LogP contribution is -1.93. The molecule has 0 aliphatic heterocycles. The van der Waals surface area contributed by atoms with Gasteiger partial charge in [0.1, 0.15) is 18.9 Å². The smallest absolute Gasteiger partial charge is 0.183 e. The summed E-state index contributed by atoms with van der Waals surface area (Å²) in [5.41, 5.74) is 6.29. The Morgan fingerprint density at radius 2 is 0.747 bits per heavy atom. The van der Waals surface area contributed by atoms with Crippen LogP contribution < -0.4 is 0 Å². The van der Waals surface area contributed by atoms with Crippen LogP contribution in [0.25, 0.3) is 0 Å². The van der Waals surface area contributed by atoms with Gasteiger partial charge in [0.25, 0.3) is 0 Å². The Bertz CT molecular complexity index is 1790. The Balaban J connectivity index is -0.000000105. The number of aromatic amines is 5. The molecule has 10 aromatic heterocycles. The molecule has 0 atom stereocenters. The minimum Gasteiger partial charge on any atom is -0.365 e. The first-order valence-electron chi connectivity index (χ1n) is 32.4. The zero-order chi connectivity index (χ0) is 79.4. The van der Waals surface area contributed by atoms with Crippen molar-refractivity contribution < 1.29 is 13.8 Å². The van der Waals surface area contributed by atoms with Crippen molar-refractivity contribution in [3.63, 3.8) is 0 Å². The van der Waals surface area contributed by atoms with Crippen molar-refractivity contribution >= 4 is 22.9 Å². The van der Waals surface area contributed by atoms with Crippen LogP contribution in [0.3, 0.4) is 0 Å². The van der Waals surface area contributed by atoms with Gasteiger partial charge in [0.15, 0.2) is 19.0 Å². The van der Waals surface area contributed by atoms with Gasteiger partial charge in [0.2, 0.25) is 0 Å². The predicted octanol–water partition coefficient (Wildman–Crippen LogP) is 21.0. The number of nitrogens with zero attached hydrogens (tertiary/aromatic N) is 19. The Morgan fingerprint density at radius 1 is 0.333 bits per heavy atom. The standard InChI is InChI=1S/9C5H12.C4H10.C3H4N2.C3H3NO.2C3H3NS.2C2H3N3.C2H2N2O.2CH2N4.CHN3O/c9*1-5(2,3)4;1-4(2)3;2*1-2-4-5-3-1;1-2-5-3-4-1;1-2-4-5-3-1;1-3-2-5-4-1;5*1-2-4-5-3-1/h9*1-4H3;4H,1-3H3;1-3H,(H,4,5);3*1-3H;2*1-2H,(H,3,4,5);1-2H;2*1H,(H,2,3,4,5);1H. The van der Waals surface area contributed by atoms with E-state index in [2.05, 4.69) is 406 Å². The highest BCUT2D eigenvalue weighted by atomic mass is 32.1. The molecule has 0 aliphatic carbocycles. The molecule has 0 amide bonds. The largest absolute Gasteiger partial charge is 0.365 e. The van der Waals surface area contributed by atoms with Gasteiger partial charge in [-0.3, -0.25) is 15.2 Å². The summed E-state index contributed by atoms with van der Waals surface area (Å²) in [5, 5.41) is 68.8. The molecular weight excluding hydrogens is 1290 g/mol. The first-order chi connectivity index (χ1) is 44.7. The minimum atomic E-state index is 0.500. The highest BCUT2D eigenvalue weighted by molar-refractivity contribution is 7.07. The molecule has 99 heavy (non-hydrogen) atoms. The number of thiazole rings is 1. The van der Waals surface area contributed by atoms with Crippen LogP contribution in [-0.2, 0) is 0 Å². The lowest BCUT2D eigenvalue weighted by molar-refractivity contribution is 0.292. The van der Waals surface area contributed by atoms with E-state index in [9.17, 15) is 0 Å². The monoisotopic (exact) mass is 1430 g/mol. The maximum Gasteiger partial charge on any atom is 0.183 e. The zero-order valence-electron chi connectivity index (χ0n) is 69.2. The fourth-order valence-electron chi connectivity index (χ4n) is 1.58. The summed E-state index contributed by atoms with van der Waals surface area (Å²) >= 11 is 3.06. The summed E-state index contributed by atoms with van der Waals surface area (Å²) in [7, 11) is 0. The molecule has 27 nitrogen and oxygen atoms in total. The number of aromatic nitrogens is 24. The second-order valence-electron chi connectivity index (χ2n) is 35.1. The average molecular weight is 1430 g/mol. The third-order valence-electron chi connectivity index (χ3n) is 3.16. The molecule has 574 valence electrons. The van der Waals surface area contributed by atoms with E-state index in [1.807, 2.05) is 22.9 Å². The summed E-state index contributed by atoms with van der Waals surface area (Å²) in [6.07, 6.45) is 23.1. The fourth-order valence-corrected chi connectivity index (χ4v) is 2.28. The molecule has 29 heteroatoms. The lowest BCUT2D eigenvalue weighted by atomic mass is 10.0. The Labute approximate surface area is 608 Å². The normalized spacial score (nSPS) is 9.86. The molecule has 10 rings (SSSR count). The molecule has 5 N–H and O–H groups in total. The molecular formula is C70H144N24O3S2. The van der Waals surface area contributed by atoms with Gasteiger partial charge in [0, 0.05) is 35.5 Å². The van der Waals surface area contributed by atoms with Gasteiger partial charge in [-0.25, -0.2) is 18.6 Å². The Kier molecular flexibility index (Phi) is 83.1. The third kappa shape index (κ3) is 393. The van der Waals surface area contributed by atoms with Crippen LogP contribution in [0.2, 0.25) is 0 Å². The van der Waals surface area contributed by atoms with Gasteiger partial charge >= 0.3 is 0 Å². The minimum absolute atomic E-state index is 0.500. The fraction of sp³-hybridized carbons (Fsp3) is 0.700. The maximum atomic E-state index is 4.33. The van der Waals surface area contributed by atoms with E-state index in [0.29, 0.717) is 48.7 Å². The van der Waals surface area contributed by atoms with Gasteiger partial charge in [-0.15, -0.1) is 31.7 Å². The first-order valence-corrected chi connectivity index (χ1v) is 34.2. The summed E-state index contributed by atoms with van der Waals surface area (Å²) in [6.45, 7) is 85.3. The van der Waals surface area contributed by atoms with E-state index < -0.39 is 0 Å². The Hall–Kier alpha value is -7.69. The van der Waals surface area contributed by atoms with Gasteiger partial charge in [0.05, 0.1) is 41.8 Å². The van der Waals surface area contributed by atoms with Gasteiger partial charge < -0.3 is 4.52 Å². The molecule has 10 aromatic rings. The quantitative estimate of drug-likeness (QED) is 0.0941. The number of nitrogens with one attached hydrogen (secondary N) is 5. The van der Waals surface area contributed by atoms with E-state index in [0.717, 1.165) is 5.92 Å². The highest BCUT2D eigenvalue weighted by Gasteiger charge is 1.99.